The van der Waals surface area contributed by atoms with Crippen molar-refractivity contribution in [2.24, 2.45) is 5.92 Å². The number of ether oxygens (including phenoxy) is 1. The molecule has 1 amide bonds. The molecule has 4 nitrogen and oxygen atoms in total. The number of rotatable bonds is 6. The average Bonchev–Trinajstić information content (AvgIpc) is 2.54. The van der Waals surface area contributed by atoms with Crippen LogP contribution in [0.15, 0.2) is 24.3 Å². The molecule has 2 N–H and O–H groups in total. The van der Waals surface area contributed by atoms with E-state index in [4.69, 9.17) is 4.74 Å². The molecule has 128 valence electrons. The number of carbonyl (C=O) groups is 1. The molecule has 1 fully saturated rings. The van der Waals surface area contributed by atoms with E-state index in [-0.39, 0.29) is 24.4 Å². The van der Waals surface area contributed by atoms with Crippen LogP contribution < -0.4 is 5.32 Å². The fourth-order valence-corrected chi connectivity index (χ4v) is 3.22. The van der Waals surface area contributed by atoms with Gasteiger partial charge in [-0.3, -0.25) is 4.79 Å². The second-order valence-corrected chi connectivity index (χ2v) is 6.69. The van der Waals surface area contributed by atoms with Crippen molar-refractivity contribution in [3.63, 3.8) is 0 Å². The molecule has 0 aliphatic carbocycles. The smallest absolute Gasteiger partial charge is 0.231 e. The second-order valence-electron chi connectivity index (χ2n) is 6.69. The first-order chi connectivity index (χ1) is 11.0. The van der Waals surface area contributed by atoms with Crippen LogP contribution in [0.5, 0.6) is 0 Å². The van der Waals surface area contributed by atoms with Crippen LogP contribution >= 0.6 is 0 Å². The number of hydrogen-bond donors (Lipinski definition) is 2. The summed E-state index contributed by atoms with van der Waals surface area (Å²) in [5.41, 5.74) is -0.107. The van der Waals surface area contributed by atoms with Gasteiger partial charge in [-0.1, -0.05) is 26.0 Å². The summed E-state index contributed by atoms with van der Waals surface area (Å²) in [5, 5.41) is 12.5. The van der Waals surface area contributed by atoms with Gasteiger partial charge in [0.15, 0.2) is 0 Å². The molecule has 0 spiro atoms. The Kier molecular flexibility index (Phi) is 6.13. The second kappa shape index (κ2) is 7.88. The van der Waals surface area contributed by atoms with Gasteiger partial charge in [0.25, 0.3) is 0 Å². The number of nitrogens with one attached hydrogen (secondary N) is 1. The summed E-state index contributed by atoms with van der Waals surface area (Å²) in [4.78, 5) is 13.0. The Bertz CT molecular complexity index is 527. The highest BCUT2D eigenvalue weighted by Gasteiger charge is 2.42. The highest BCUT2D eigenvalue weighted by Crippen LogP contribution is 2.35. The van der Waals surface area contributed by atoms with Gasteiger partial charge in [-0.05, 0) is 42.9 Å². The molecule has 0 aromatic heterocycles. The molecule has 1 unspecified atom stereocenters. The number of aliphatic hydroxyl groups excluding tert-OH is 1. The van der Waals surface area contributed by atoms with Gasteiger partial charge in [-0.25, -0.2) is 4.39 Å². The standard InChI is InChI=1S/C18H26FNO3/c1-13(2)10-16(12-21)20-17(22)18(6-8-23-9-7-18)14-4-3-5-15(19)11-14/h3-5,11,13,16,21H,6-10,12H2,1-2H3,(H,20,22). The van der Waals surface area contributed by atoms with Crippen molar-refractivity contribution in [1.29, 1.82) is 0 Å². The Morgan fingerprint density at radius 1 is 1.39 bits per heavy atom. The Morgan fingerprint density at radius 2 is 2.09 bits per heavy atom. The van der Waals surface area contributed by atoms with E-state index in [1.54, 1.807) is 12.1 Å². The third-order valence-electron chi connectivity index (χ3n) is 4.47. The maximum Gasteiger partial charge on any atom is 0.231 e. The van der Waals surface area contributed by atoms with Gasteiger partial charge in [0, 0.05) is 13.2 Å². The maximum absolute atomic E-state index is 13.7. The number of aliphatic hydroxyl groups is 1. The van der Waals surface area contributed by atoms with Crippen LogP contribution in [0, 0.1) is 11.7 Å². The third-order valence-corrected chi connectivity index (χ3v) is 4.47. The molecular weight excluding hydrogens is 297 g/mol. The van der Waals surface area contributed by atoms with Crippen molar-refractivity contribution in [3.8, 4) is 0 Å². The monoisotopic (exact) mass is 323 g/mol. The van der Waals surface area contributed by atoms with Crippen LogP contribution in [0.25, 0.3) is 0 Å². The molecule has 5 heteroatoms. The summed E-state index contributed by atoms with van der Waals surface area (Å²) in [6.45, 7) is 4.94. The van der Waals surface area contributed by atoms with Gasteiger partial charge in [-0.15, -0.1) is 0 Å². The van der Waals surface area contributed by atoms with Crippen LogP contribution in [-0.4, -0.2) is 36.9 Å². The van der Waals surface area contributed by atoms with Gasteiger partial charge in [0.05, 0.1) is 18.1 Å². The summed E-state index contributed by atoms with van der Waals surface area (Å²) in [6, 6.07) is 5.96. The molecule has 0 saturated carbocycles. The van der Waals surface area contributed by atoms with Crippen molar-refractivity contribution in [2.75, 3.05) is 19.8 Å². The largest absolute Gasteiger partial charge is 0.394 e. The molecule has 1 aromatic carbocycles. The van der Waals surface area contributed by atoms with Crippen molar-refractivity contribution >= 4 is 5.91 Å². The lowest BCUT2D eigenvalue weighted by Crippen LogP contribution is -2.52. The molecule has 1 heterocycles. The van der Waals surface area contributed by atoms with Crippen molar-refractivity contribution in [3.05, 3.63) is 35.6 Å². The molecular formula is C18H26FNO3. The zero-order chi connectivity index (χ0) is 16.9. The minimum Gasteiger partial charge on any atom is -0.394 e. The van der Waals surface area contributed by atoms with E-state index >= 15 is 0 Å². The van der Waals surface area contributed by atoms with Crippen LogP contribution in [0.4, 0.5) is 4.39 Å². The molecule has 1 atom stereocenters. The zero-order valence-corrected chi connectivity index (χ0v) is 13.8. The first-order valence-corrected chi connectivity index (χ1v) is 8.23. The molecule has 1 aromatic rings. The van der Waals surface area contributed by atoms with E-state index in [9.17, 15) is 14.3 Å². The molecule has 2 rings (SSSR count). The van der Waals surface area contributed by atoms with E-state index < -0.39 is 5.41 Å². The fourth-order valence-electron chi connectivity index (χ4n) is 3.22. The predicted molar refractivity (Wildman–Crippen MR) is 86.6 cm³/mol. The predicted octanol–water partition coefficient (Wildman–Crippen LogP) is 2.40. The molecule has 1 aliphatic heterocycles. The number of halogens is 1. The van der Waals surface area contributed by atoms with Gasteiger partial charge in [0.2, 0.25) is 5.91 Å². The van der Waals surface area contributed by atoms with Gasteiger partial charge in [0.1, 0.15) is 5.82 Å². The molecule has 1 aliphatic rings. The molecule has 23 heavy (non-hydrogen) atoms. The van der Waals surface area contributed by atoms with Crippen molar-refractivity contribution in [1.82, 2.24) is 5.32 Å². The minimum absolute atomic E-state index is 0.0976. The van der Waals surface area contributed by atoms with E-state index in [0.29, 0.717) is 44.0 Å². The number of amides is 1. The number of carbonyl (C=O) groups excluding carboxylic acids is 1. The maximum atomic E-state index is 13.7. The van der Waals surface area contributed by atoms with Crippen LogP contribution in [0.2, 0.25) is 0 Å². The van der Waals surface area contributed by atoms with Crippen molar-refractivity contribution in [2.45, 2.75) is 44.6 Å². The van der Waals surface area contributed by atoms with Gasteiger partial charge in [-0.2, -0.15) is 0 Å². The molecule has 0 bridgehead atoms. The lowest BCUT2D eigenvalue weighted by molar-refractivity contribution is -0.131. The Balaban J connectivity index is 2.25. The SMILES string of the molecule is CC(C)CC(CO)NC(=O)C1(c2cccc(F)c2)CCOCC1. The van der Waals surface area contributed by atoms with Crippen LogP contribution in [-0.2, 0) is 14.9 Å². The first kappa shape index (κ1) is 17.9. The van der Waals surface area contributed by atoms with E-state index in [2.05, 4.69) is 5.32 Å². The Hall–Kier alpha value is -1.46. The Labute approximate surface area is 137 Å². The average molecular weight is 323 g/mol. The summed E-state index contributed by atoms with van der Waals surface area (Å²) >= 11 is 0. The zero-order valence-electron chi connectivity index (χ0n) is 13.8. The van der Waals surface area contributed by atoms with E-state index in [0.717, 1.165) is 0 Å². The normalized spacial score (nSPS) is 18.7. The van der Waals surface area contributed by atoms with Gasteiger partial charge < -0.3 is 15.2 Å². The minimum atomic E-state index is -0.787. The highest BCUT2D eigenvalue weighted by molar-refractivity contribution is 5.88. The third kappa shape index (κ3) is 4.30. The van der Waals surface area contributed by atoms with E-state index in [1.165, 1.54) is 12.1 Å². The summed E-state index contributed by atoms with van der Waals surface area (Å²) in [6.07, 6.45) is 1.74. The van der Waals surface area contributed by atoms with E-state index in [1.807, 2.05) is 13.8 Å². The Morgan fingerprint density at radius 3 is 2.65 bits per heavy atom. The van der Waals surface area contributed by atoms with Crippen LogP contribution in [0.1, 0.15) is 38.7 Å². The van der Waals surface area contributed by atoms with Crippen molar-refractivity contribution < 1.29 is 19.0 Å². The van der Waals surface area contributed by atoms with Crippen LogP contribution in [0.3, 0.4) is 0 Å². The lowest BCUT2D eigenvalue weighted by atomic mass is 9.73. The summed E-state index contributed by atoms with van der Waals surface area (Å²) in [7, 11) is 0. The van der Waals surface area contributed by atoms with Gasteiger partial charge >= 0.3 is 0 Å². The summed E-state index contributed by atoms with van der Waals surface area (Å²) in [5.74, 6) is -0.125. The lowest BCUT2D eigenvalue weighted by Gasteiger charge is -2.37. The molecule has 1 saturated heterocycles. The quantitative estimate of drug-likeness (QED) is 0.845. The first-order valence-electron chi connectivity index (χ1n) is 8.23. The topological polar surface area (TPSA) is 58.6 Å². The fraction of sp³-hybridized carbons (Fsp3) is 0.611. The number of benzene rings is 1. The highest BCUT2D eigenvalue weighted by atomic mass is 19.1. The summed E-state index contributed by atoms with van der Waals surface area (Å²) < 4.78 is 19.1. The molecule has 0 radical (unpaired) electrons. The number of hydrogen-bond acceptors (Lipinski definition) is 3.